The monoisotopic (exact) mass is 528 g/mol. The van der Waals surface area contributed by atoms with Gasteiger partial charge in [0.05, 0.1) is 19.8 Å². The van der Waals surface area contributed by atoms with Gasteiger partial charge < -0.3 is 20.3 Å². The minimum atomic E-state index is 0. The highest BCUT2D eigenvalue weighted by Gasteiger charge is 2.14. The van der Waals surface area contributed by atoms with Gasteiger partial charge in [-0.1, -0.05) is 41.9 Å². The Bertz CT molecular complexity index is 764. The number of anilines is 1. The van der Waals surface area contributed by atoms with E-state index in [1.54, 1.807) is 0 Å². The van der Waals surface area contributed by atoms with Crippen molar-refractivity contribution in [3.63, 3.8) is 0 Å². The van der Waals surface area contributed by atoms with Crippen LogP contribution in [0, 0.1) is 0 Å². The van der Waals surface area contributed by atoms with Gasteiger partial charge in [-0.15, -0.1) is 24.0 Å². The van der Waals surface area contributed by atoms with Gasteiger partial charge in [0.15, 0.2) is 5.96 Å². The van der Waals surface area contributed by atoms with E-state index in [0.717, 1.165) is 56.8 Å². The second-order valence-corrected chi connectivity index (χ2v) is 7.16. The summed E-state index contributed by atoms with van der Waals surface area (Å²) in [5, 5.41) is 7.53. The fourth-order valence-electron chi connectivity index (χ4n) is 3.24. The Morgan fingerprint density at radius 2 is 1.79 bits per heavy atom. The maximum atomic E-state index is 5.95. The highest BCUT2D eigenvalue weighted by Crippen LogP contribution is 2.22. The lowest BCUT2D eigenvalue weighted by Gasteiger charge is -2.30. The SMILES string of the molecule is CCNC(=NCc1ccccc1N1CCOCC1)NCCc1ccc(Cl)cc1.I. The molecule has 1 aliphatic rings. The molecule has 1 aliphatic heterocycles. The van der Waals surface area contributed by atoms with E-state index >= 15 is 0 Å². The summed E-state index contributed by atoms with van der Waals surface area (Å²) >= 11 is 5.95. The summed E-state index contributed by atoms with van der Waals surface area (Å²) < 4.78 is 5.48. The van der Waals surface area contributed by atoms with Crippen LogP contribution < -0.4 is 15.5 Å². The lowest BCUT2D eigenvalue weighted by atomic mass is 10.1. The molecule has 1 fully saturated rings. The standard InChI is InChI=1S/C22H29ClN4O.HI/c1-2-24-22(25-12-11-18-7-9-20(23)10-8-18)26-17-19-5-3-4-6-21(19)27-13-15-28-16-14-27;/h3-10H,2,11-17H2,1H3,(H2,24,25,26);1H. The third-order valence-electron chi connectivity index (χ3n) is 4.71. The van der Waals surface area contributed by atoms with Gasteiger partial charge in [-0.3, -0.25) is 0 Å². The summed E-state index contributed by atoms with van der Waals surface area (Å²) in [6, 6.07) is 16.5. The van der Waals surface area contributed by atoms with Crippen LogP contribution in [-0.4, -0.2) is 45.4 Å². The van der Waals surface area contributed by atoms with Crippen LogP contribution in [0.1, 0.15) is 18.1 Å². The first-order valence-corrected chi connectivity index (χ1v) is 10.3. The largest absolute Gasteiger partial charge is 0.378 e. The average molecular weight is 529 g/mol. The third kappa shape index (κ3) is 7.68. The molecule has 1 saturated heterocycles. The van der Waals surface area contributed by atoms with Crippen LogP contribution in [-0.2, 0) is 17.7 Å². The molecule has 0 aliphatic carbocycles. The average Bonchev–Trinajstić information content (AvgIpc) is 2.74. The number of ether oxygens (including phenoxy) is 1. The topological polar surface area (TPSA) is 48.9 Å². The third-order valence-corrected chi connectivity index (χ3v) is 4.97. The second kappa shape index (κ2) is 12.9. The van der Waals surface area contributed by atoms with Crippen molar-refractivity contribution in [3.05, 3.63) is 64.7 Å². The molecule has 0 saturated carbocycles. The number of guanidine groups is 1. The molecule has 0 atom stereocenters. The summed E-state index contributed by atoms with van der Waals surface area (Å²) in [7, 11) is 0. The second-order valence-electron chi connectivity index (χ2n) is 6.73. The van der Waals surface area contributed by atoms with E-state index < -0.39 is 0 Å². The first-order chi connectivity index (χ1) is 13.8. The van der Waals surface area contributed by atoms with Gasteiger partial charge >= 0.3 is 0 Å². The molecule has 0 unspecified atom stereocenters. The molecule has 1 heterocycles. The van der Waals surface area contributed by atoms with E-state index in [-0.39, 0.29) is 24.0 Å². The van der Waals surface area contributed by atoms with Crippen molar-refractivity contribution in [2.45, 2.75) is 19.9 Å². The van der Waals surface area contributed by atoms with E-state index in [2.05, 4.69) is 58.9 Å². The van der Waals surface area contributed by atoms with Crippen LogP contribution in [0.2, 0.25) is 5.02 Å². The maximum absolute atomic E-state index is 5.95. The van der Waals surface area contributed by atoms with Crippen molar-refractivity contribution >= 4 is 47.2 Å². The fourth-order valence-corrected chi connectivity index (χ4v) is 3.37. The zero-order chi connectivity index (χ0) is 19.6. The predicted molar refractivity (Wildman–Crippen MR) is 133 cm³/mol. The number of morpholine rings is 1. The molecule has 158 valence electrons. The van der Waals surface area contributed by atoms with Gasteiger partial charge in [0.25, 0.3) is 0 Å². The number of rotatable bonds is 7. The number of halogens is 2. The normalized spacial score (nSPS) is 14.3. The minimum absolute atomic E-state index is 0. The molecule has 2 aromatic rings. The number of para-hydroxylation sites is 1. The van der Waals surface area contributed by atoms with E-state index in [9.17, 15) is 0 Å². The van der Waals surface area contributed by atoms with Crippen molar-refractivity contribution in [2.24, 2.45) is 4.99 Å². The Labute approximate surface area is 195 Å². The smallest absolute Gasteiger partial charge is 0.191 e. The van der Waals surface area contributed by atoms with Crippen LogP contribution in [0.15, 0.2) is 53.5 Å². The van der Waals surface area contributed by atoms with Gasteiger partial charge in [-0.25, -0.2) is 4.99 Å². The summed E-state index contributed by atoms with van der Waals surface area (Å²) in [6.45, 7) is 7.80. The van der Waals surface area contributed by atoms with Gasteiger partial charge in [-0.05, 0) is 42.7 Å². The van der Waals surface area contributed by atoms with Crippen LogP contribution in [0.5, 0.6) is 0 Å². The van der Waals surface area contributed by atoms with Crippen LogP contribution in [0.3, 0.4) is 0 Å². The highest BCUT2D eigenvalue weighted by atomic mass is 127. The molecule has 7 heteroatoms. The number of aliphatic imine (C=N–C) groups is 1. The van der Waals surface area contributed by atoms with Crippen LogP contribution in [0.25, 0.3) is 0 Å². The highest BCUT2D eigenvalue weighted by molar-refractivity contribution is 14.0. The Morgan fingerprint density at radius 1 is 1.07 bits per heavy atom. The molecule has 5 nitrogen and oxygen atoms in total. The molecule has 0 radical (unpaired) electrons. The number of nitrogens with one attached hydrogen (secondary N) is 2. The van der Waals surface area contributed by atoms with E-state index in [1.165, 1.54) is 16.8 Å². The number of hydrogen-bond donors (Lipinski definition) is 2. The molecule has 0 spiro atoms. The van der Waals surface area contributed by atoms with Crippen molar-refractivity contribution in [2.75, 3.05) is 44.3 Å². The molecule has 2 aromatic carbocycles. The molecule has 3 rings (SSSR count). The quantitative estimate of drug-likeness (QED) is 0.323. The maximum Gasteiger partial charge on any atom is 0.191 e. The van der Waals surface area contributed by atoms with Crippen molar-refractivity contribution in [3.8, 4) is 0 Å². The van der Waals surface area contributed by atoms with Crippen molar-refractivity contribution in [1.29, 1.82) is 0 Å². The Balaban J connectivity index is 0.00000300. The minimum Gasteiger partial charge on any atom is -0.378 e. The van der Waals surface area contributed by atoms with E-state index in [0.29, 0.717) is 6.54 Å². The first-order valence-electron chi connectivity index (χ1n) is 9.93. The molecule has 29 heavy (non-hydrogen) atoms. The molecule has 0 aromatic heterocycles. The predicted octanol–water partition coefficient (Wildman–Crippen LogP) is 4.09. The summed E-state index contributed by atoms with van der Waals surface area (Å²) in [6.07, 6.45) is 0.923. The summed E-state index contributed by atoms with van der Waals surface area (Å²) in [5.41, 5.74) is 3.75. The molecular formula is C22H30ClIN4O. The molecule has 2 N–H and O–H groups in total. The number of benzene rings is 2. The lowest BCUT2D eigenvalue weighted by molar-refractivity contribution is 0.122. The van der Waals surface area contributed by atoms with Crippen molar-refractivity contribution < 1.29 is 4.74 Å². The van der Waals surface area contributed by atoms with Gasteiger partial charge in [0.2, 0.25) is 0 Å². The molecule has 0 amide bonds. The molecule has 0 bridgehead atoms. The Morgan fingerprint density at radius 3 is 2.52 bits per heavy atom. The van der Waals surface area contributed by atoms with Crippen molar-refractivity contribution in [1.82, 2.24) is 10.6 Å². The first kappa shape index (κ1) is 23.8. The lowest BCUT2D eigenvalue weighted by Crippen LogP contribution is -2.38. The van der Waals surface area contributed by atoms with E-state index in [4.69, 9.17) is 21.3 Å². The zero-order valence-electron chi connectivity index (χ0n) is 16.9. The van der Waals surface area contributed by atoms with Crippen LogP contribution >= 0.6 is 35.6 Å². The van der Waals surface area contributed by atoms with E-state index in [1.807, 2.05) is 12.1 Å². The number of nitrogens with zero attached hydrogens (tertiary/aromatic N) is 2. The molecular weight excluding hydrogens is 499 g/mol. The van der Waals surface area contributed by atoms with Gasteiger partial charge in [0, 0.05) is 36.9 Å². The Hall–Kier alpha value is -1.51. The van der Waals surface area contributed by atoms with Crippen LogP contribution in [0.4, 0.5) is 5.69 Å². The number of hydrogen-bond acceptors (Lipinski definition) is 3. The van der Waals surface area contributed by atoms with Gasteiger partial charge in [0.1, 0.15) is 0 Å². The summed E-state index contributed by atoms with van der Waals surface area (Å²) in [4.78, 5) is 7.18. The summed E-state index contributed by atoms with van der Waals surface area (Å²) in [5.74, 6) is 0.841. The zero-order valence-corrected chi connectivity index (χ0v) is 20.0. The Kier molecular flexibility index (Phi) is 10.6. The fraction of sp³-hybridized carbons (Fsp3) is 0.409. The van der Waals surface area contributed by atoms with Gasteiger partial charge in [-0.2, -0.15) is 0 Å².